The lowest BCUT2D eigenvalue weighted by Gasteiger charge is -2.18. The number of nitrogens with zero attached hydrogens (tertiary/aromatic N) is 3. The molecule has 0 atom stereocenters. The molecule has 30 heavy (non-hydrogen) atoms. The molecular formula is C24H21N3O2S. The first-order chi connectivity index (χ1) is 14.6. The number of carbonyl (C=O) groups excluding carboxylic acids is 1. The number of amides is 1. The molecule has 5 nitrogen and oxygen atoms in total. The van der Waals surface area contributed by atoms with Crippen molar-refractivity contribution in [1.29, 1.82) is 0 Å². The average molecular weight is 416 g/mol. The summed E-state index contributed by atoms with van der Waals surface area (Å²) in [7, 11) is 1.79. The first kappa shape index (κ1) is 19.9. The van der Waals surface area contributed by atoms with Crippen molar-refractivity contribution in [2.24, 2.45) is 0 Å². The van der Waals surface area contributed by atoms with Crippen molar-refractivity contribution in [3.8, 4) is 5.69 Å². The third-order valence-corrected chi connectivity index (χ3v) is 5.73. The molecule has 0 aliphatic carbocycles. The summed E-state index contributed by atoms with van der Waals surface area (Å²) in [5.74, 6) is -0.0699. The van der Waals surface area contributed by atoms with Gasteiger partial charge in [0.2, 0.25) is 0 Å². The zero-order valence-electron chi connectivity index (χ0n) is 16.8. The van der Waals surface area contributed by atoms with Gasteiger partial charge in [-0.05, 0) is 60.4 Å². The van der Waals surface area contributed by atoms with Gasteiger partial charge in [-0.25, -0.2) is 4.98 Å². The average Bonchev–Trinajstić information content (AvgIpc) is 2.79. The maximum Gasteiger partial charge on any atom is 0.265 e. The van der Waals surface area contributed by atoms with E-state index in [0.717, 1.165) is 5.56 Å². The predicted molar refractivity (Wildman–Crippen MR) is 121 cm³/mol. The molecule has 0 saturated carbocycles. The molecule has 0 radical (unpaired) electrons. The largest absolute Gasteiger partial charge is 0.337 e. The van der Waals surface area contributed by atoms with Crippen LogP contribution in [0.15, 0.2) is 88.8 Å². The first-order valence-electron chi connectivity index (χ1n) is 9.52. The molecule has 0 unspecified atom stereocenters. The van der Waals surface area contributed by atoms with E-state index in [1.165, 1.54) is 15.8 Å². The van der Waals surface area contributed by atoms with Gasteiger partial charge in [0.15, 0.2) is 0 Å². The fraction of sp³-hybridized carbons (Fsp3) is 0.125. The highest BCUT2D eigenvalue weighted by atomic mass is 32.2. The van der Waals surface area contributed by atoms with Crippen LogP contribution in [-0.2, 0) is 6.54 Å². The zero-order chi connectivity index (χ0) is 21.1. The van der Waals surface area contributed by atoms with Gasteiger partial charge >= 0.3 is 0 Å². The molecule has 1 amide bonds. The Labute approximate surface area is 179 Å². The normalized spacial score (nSPS) is 10.9. The number of fused-ring (bicyclic) bond motifs is 1. The standard InChI is InChI=1S/C24H21N3O2S/c1-26(15-17-7-13-20(30-2)14-8-17)23(28)18-9-11-19(12-10-18)27-16-25-22-6-4-3-5-21(22)24(27)29/h3-14,16H,15H2,1-2H3. The number of aromatic nitrogens is 2. The van der Waals surface area contributed by atoms with Crippen molar-refractivity contribution >= 4 is 28.6 Å². The maximum atomic E-state index is 12.8. The summed E-state index contributed by atoms with van der Waals surface area (Å²) in [4.78, 5) is 32.8. The summed E-state index contributed by atoms with van der Waals surface area (Å²) in [5, 5.41) is 0.562. The smallest absolute Gasteiger partial charge is 0.265 e. The minimum Gasteiger partial charge on any atom is -0.337 e. The van der Waals surface area contributed by atoms with Gasteiger partial charge in [-0.2, -0.15) is 0 Å². The second kappa shape index (κ2) is 8.55. The molecule has 0 bridgehead atoms. The lowest BCUT2D eigenvalue weighted by molar-refractivity contribution is 0.0785. The molecule has 6 heteroatoms. The van der Waals surface area contributed by atoms with Crippen molar-refractivity contribution < 1.29 is 4.79 Å². The minimum atomic E-state index is -0.134. The number of rotatable bonds is 5. The maximum absolute atomic E-state index is 12.8. The molecule has 150 valence electrons. The molecule has 0 N–H and O–H groups in total. The monoisotopic (exact) mass is 415 g/mol. The van der Waals surface area contributed by atoms with Gasteiger partial charge < -0.3 is 4.90 Å². The molecule has 0 saturated heterocycles. The number of benzene rings is 3. The Bertz CT molecular complexity index is 1250. The van der Waals surface area contributed by atoms with Crippen LogP contribution in [0.3, 0.4) is 0 Å². The van der Waals surface area contributed by atoms with E-state index >= 15 is 0 Å². The Kier molecular flexibility index (Phi) is 5.68. The van der Waals surface area contributed by atoms with Crippen LogP contribution in [0.2, 0.25) is 0 Å². The van der Waals surface area contributed by atoms with Crippen LogP contribution in [0.25, 0.3) is 16.6 Å². The molecule has 0 aliphatic rings. The van der Waals surface area contributed by atoms with Crippen molar-refractivity contribution in [2.45, 2.75) is 11.4 Å². The van der Waals surface area contributed by atoms with E-state index in [4.69, 9.17) is 0 Å². The fourth-order valence-corrected chi connectivity index (χ4v) is 3.72. The molecule has 0 aliphatic heterocycles. The molecule has 0 fully saturated rings. The van der Waals surface area contributed by atoms with E-state index in [-0.39, 0.29) is 11.5 Å². The summed E-state index contributed by atoms with van der Waals surface area (Å²) in [6.07, 6.45) is 3.56. The number of carbonyl (C=O) groups is 1. The van der Waals surface area contributed by atoms with Crippen LogP contribution < -0.4 is 5.56 Å². The minimum absolute atomic E-state index is 0.0699. The summed E-state index contributed by atoms with van der Waals surface area (Å²) >= 11 is 1.69. The quantitative estimate of drug-likeness (QED) is 0.454. The van der Waals surface area contributed by atoms with Crippen molar-refractivity contribution in [3.63, 3.8) is 0 Å². The second-order valence-electron chi connectivity index (χ2n) is 6.99. The first-order valence-corrected chi connectivity index (χ1v) is 10.7. The van der Waals surface area contributed by atoms with Gasteiger partial charge in [0.25, 0.3) is 11.5 Å². The van der Waals surface area contributed by atoms with Crippen LogP contribution in [-0.4, -0.2) is 33.7 Å². The van der Waals surface area contributed by atoms with E-state index in [2.05, 4.69) is 17.1 Å². The molecule has 0 spiro atoms. The third-order valence-electron chi connectivity index (χ3n) is 4.98. The van der Waals surface area contributed by atoms with Crippen molar-refractivity contribution in [2.75, 3.05) is 13.3 Å². The number of hydrogen-bond donors (Lipinski definition) is 0. The Hall–Kier alpha value is -3.38. The Morgan fingerprint density at radius 1 is 1.00 bits per heavy atom. The predicted octanol–water partition coefficient (Wildman–Crippen LogP) is 4.38. The van der Waals surface area contributed by atoms with Crippen molar-refractivity contribution in [3.05, 3.63) is 101 Å². The molecule has 4 aromatic rings. The summed E-state index contributed by atoms with van der Waals surface area (Å²) < 4.78 is 1.49. The van der Waals surface area contributed by atoms with E-state index in [1.807, 2.05) is 36.6 Å². The van der Waals surface area contributed by atoms with Gasteiger partial charge in [0.05, 0.1) is 16.6 Å². The highest BCUT2D eigenvalue weighted by Crippen LogP contribution is 2.17. The highest BCUT2D eigenvalue weighted by Gasteiger charge is 2.13. The van der Waals surface area contributed by atoms with Crippen molar-refractivity contribution in [1.82, 2.24) is 14.5 Å². The van der Waals surface area contributed by atoms with Crippen LogP contribution in [0, 0.1) is 0 Å². The van der Waals surface area contributed by atoms with Gasteiger partial charge in [-0.1, -0.05) is 24.3 Å². The Morgan fingerprint density at radius 3 is 2.40 bits per heavy atom. The molecule has 1 heterocycles. The Balaban J connectivity index is 1.53. The topological polar surface area (TPSA) is 55.2 Å². The number of para-hydroxylation sites is 1. The van der Waals surface area contributed by atoms with Gasteiger partial charge in [0, 0.05) is 24.1 Å². The lowest BCUT2D eigenvalue weighted by Crippen LogP contribution is -2.26. The summed E-state index contributed by atoms with van der Waals surface area (Å²) in [5.41, 5.74) is 2.85. The fourth-order valence-electron chi connectivity index (χ4n) is 3.31. The molecular weight excluding hydrogens is 394 g/mol. The number of hydrogen-bond acceptors (Lipinski definition) is 4. The second-order valence-corrected chi connectivity index (χ2v) is 7.87. The summed E-state index contributed by atoms with van der Waals surface area (Å²) in [6, 6.07) is 22.5. The number of thioether (sulfide) groups is 1. The van der Waals surface area contributed by atoms with Gasteiger partial charge in [0.1, 0.15) is 6.33 Å². The molecule has 4 rings (SSSR count). The van der Waals surface area contributed by atoms with Crippen LogP contribution in [0.4, 0.5) is 0 Å². The lowest BCUT2D eigenvalue weighted by atomic mass is 10.1. The van der Waals surface area contributed by atoms with E-state index in [0.29, 0.717) is 28.7 Å². The van der Waals surface area contributed by atoms with Crippen LogP contribution in [0.1, 0.15) is 15.9 Å². The van der Waals surface area contributed by atoms with E-state index < -0.39 is 0 Å². The molecule has 1 aromatic heterocycles. The van der Waals surface area contributed by atoms with Gasteiger partial charge in [-0.3, -0.25) is 14.2 Å². The van der Waals surface area contributed by atoms with E-state index in [1.54, 1.807) is 54.0 Å². The van der Waals surface area contributed by atoms with Crippen LogP contribution >= 0.6 is 11.8 Å². The zero-order valence-corrected chi connectivity index (χ0v) is 17.6. The molecule has 3 aromatic carbocycles. The van der Waals surface area contributed by atoms with E-state index in [9.17, 15) is 9.59 Å². The third kappa shape index (κ3) is 4.00. The van der Waals surface area contributed by atoms with Gasteiger partial charge in [-0.15, -0.1) is 11.8 Å². The SMILES string of the molecule is CSc1ccc(CN(C)C(=O)c2ccc(-n3cnc4ccccc4c3=O)cc2)cc1. The highest BCUT2D eigenvalue weighted by molar-refractivity contribution is 7.98. The summed E-state index contributed by atoms with van der Waals surface area (Å²) in [6.45, 7) is 0.531. The Morgan fingerprint density at radius 2 is 1.70 bits per heavy atom. The van der Waals surface area contributed by atoms with Crippen LogP contribution in [0.5, 0.6) is 0 Å².